The lowest BCUT2D eigenvalue weighted by molar-refractivity contribution is -0.107. The van der Waals surface area contributed by atoms with Crippen molar-refractivity contribution in [3.63, 3.8) is 0 Å². The molecule has 216 valence electrons. The number of benzene rings is 1. The maximum Gasteiger partial charge on any atom is 0.418 e. The van der Waals surface area contributed by atoms with Gasteiger partial charge in [-0.1, -0.05) is 12.1 Å². The molecule has 8 nitrogen and oxygen atoms in total. The van der Waals surface area contributed by atoms with E-state index in [1.165, 1.54) is 22.1 Å². The van der Waals surface area contributed by atoms with Crippen molar-refractivity contribution in [2.75, 3.05) is 25.6 Å². The Balaban J connectivity index is 1.49. The highest BCUT2D eigenvalue weighted by molar-refractivity contribution is 5.78. The fourth-order valence-electron chi connectivity index (χ4n) is 4.99. The van der Waals surface area contributed by atoms with Gasteiger partial charge in [0, 0.05) is 57.8 Å². The van der Waals surface area contributed by atoms with Crippen molar-refractivity contribution >= 4 is 12.1 Å². The summed E-state index contributed by atoms with van der Waals surface area (Å²) in [5.74, 6) is 0.815. The first-order chi connectivity index (χ1) is 19.0. The van der Waals surface area contributed by atoms with E-state index in [0.717, 1.165) is 30.7 Å². The number of ether oxygens (including phenoxy) is 1. The second-order valence-electron chi connectivity index (χ2n) is 10.8. The first-order valence-electron chi connectivity index (χ1n) is 13.4. The van der Waals surface area contributed by atoms with Crippen LogP contribution >= 0.6 is 0 Å². The number of hydrogen-bond acceptors (Lipinski definition) is 6. The first-order valence-corrected chi connectivity index (χ1v) is 13.4. The van der Waals surface area contributed by atoms with Gasteiger partial charge in [0.1, 0.15) is 12.2 Å². The van der Waals surface area contributed by atoms with Crippen LogP contribution in [-0.2, 0) is 29.4 Å². The van der Waals surface area contributed by atoms with Gasteiger partial charge in [0.05, 0.1) is 17.4 Å². The average Bonchev–Trinajstić information content (AvgIpc) is 3.31. The van der Waals surface area contributed by atoms with E-state index < -0.39 is 11.7 Å². The molecule has 4 rings (SSSR count). The third-order valence-electron chi connectivity index (χ3n) is 7.71. The summed E-state index contributed by atoms with van der Waals surface area (Å²) in [6.45, 7) is 2.43. The van der Waals surface area contributed by atoms with Crippen LogP contribution in [0.1, 0.15) is 44.0 Å². The van der Waals surface area contributed by atoms with E-state index in [1.54, 1.807) is 38.8 Å². The fourth-order valence-corrected chi connectivity index (χ4v) is 4.99. The maximum absolute atomic E-state index is 14.2. The van der Waals surface area contributed by atoms with Crippen molar-refractivity contribution in [2.45, 2.75) is 63.3 Å². The van der Waals surface area contributed by atoms with Crippen molar-refractivity contribution in [1.82, 2.24) is 25.0 Å². The molecule has 1 atom stereocenters. The predicted molar refractivity (Wildman–Crippen MR) is 147 cm³/mol. The molecule has 2 aromatic rings. The van der Waals surface area contributed by atoms with Crippen LogP contribution in [0.25, 0.3) is 0 Å². The van der Waals surface area contributed by atoms with Crippen LogP contribution in [-0.4, -0.2) is 64.6 Å². The number of aryl methyl sites for hydroxylation is 2. The molecule has 1 N–H and O–H groups in total. The van der Waals surface area contributed by atoms with Crippen LogP contribution in [0.2, 0.25) is 0 Å². The van der Waals surface area contributed by atoms with Gasteiger partial charge < -0.3 is 19.5 Å². The molecule has 2 heterocycles. The number of methoxy groups -OCH3 is 1. The molecule has 1 saturated carbocycles. The summed E-state index contributed by atoms with van der Waals surface area (Å²) in [5.41, 5.74) is 1.03. The minimum absolute atomic E-state index is 0.0280. The van der Waals surface area contributed by atoms with Gasteiger partial charge in [0.2, 0.25) is 6.41 Å². The summed E-state index contributed by atoms with van der Waals surface area (Å²) in [7, 11) is 5.09. The number of rotatable bonds is 12. The topological polar surface area (TPSA) is 75.5 Å². The van der Waals surface area contributed by atoms with Crippen molar-refractivity contribution < 1.29 is 22.7 Å². The Morgan fingerprint density at radius 3 is 2.65 bits per heavy atom. The van der Waals surface area contributed by atoms with Gasteiger partial charge in [-0.2, -0.15) is 13.2 Å². The van der Waals surface area contributed by atoms with E-state index in [0.29, 0.717) is 43.5 Å². The Morgan fingerprint density at radius 2 is 2.05 bits per heavy atom. The number of hydrogen-bond donors (Lipinski definition) is 1. The minimum Gasteiger partial charge on any atom is -0.381 e. The zero-order valence-electron chi connectivity index (χ0n) is 23.4. The molecule has 1 aromatic carbocycles. The zero-order chi connectivity index (χ0) is 28.9. The number of carbonyl (C=O) groups excluding carboxylic acids is 1. The quantitative estimate of drug-likeness (QED) is 0.382. The van der Waals surface area contributed by atoms with Gasteiger partial charge in [-0.05, 0) is 68.4 Å². The molecule has 1 unspecified atom stereocenters. The van der Waals surface area contributed by atoms with Crippen molar-refractivity contribution in [1.29, 1.82) is 0 Å². The number of allylic oxidation sites excluding steroid dienone is 1. The van der Waals surface area contributed by atoms with Crippen LogP contribution in [0.5, 0.6) is 0 Å². The van der Waals surface area contributed by atoms with Crippen LogP contribution in [0.3, 0.4) is 0 Å². The molecule has 11 heteroatoms. The van der Waals surface area contributed by atoms with Crippen molar-refractivity contribution in [3.8, 4) is 0 Å². The number of nitrogens with one attached hydrogen (secondary N) is 1. The number of amides is 1. The van der Waals surface area contributed by atoms with E-state index in [4.69, 9.17) is 4.74 Å². The van der Waals surface area contributed by atoms with Gasteiger partial charge in [0.15, 0.2) is 0 Å². The predicted octanol–water partition coefficient (Wildman–Crippen LogP) is 4.66. The number of likely N-dealkylation sites (N-methyl/N-ethyl adjacent to an activating group) is 1. The smallest absolute Gasteiger partial charge is 0.381 e. The molecule has 0 saturated heterocycles. The minimum atomic E-state index is -4.59. The van der Waals surface area contributed by atoms with Crippen LogP contribution in [0.4, 0.5) is 18.9 Å². The molecule has 1 amide bonds. The first kappa shape index (κ1) is 29.5. The standard InChI is InChI=1S/C29H37F3N6O2/c1-28(11-6-12-28)33-16-22-14-25(29(30,31)32)26(36(2)17-22)18-38(20-39)23-8-5-7-21(13-23)9-10-24(40-4)15-27-35-34-19-37(27)3/h5,7-8,13-14,17-20,24,33H,6,9-12,15-16H2,1-4H3/b26-18-. The van der Waals surface area contributed by atoms with Gasteiger partial charge >= 0.3 is 6.18 Å². The van der Waals surface area contributed by atoms with Crippen LogP contribution in [0, 0.1) is 0 Å². The number of halogens is 3. The fraction of sp³-hybridized carbons (Fsp3) is 0.483. The SMILES string of the molecule is COC(CCc1cccc(N(C=O)/C=C2/C(C(F)(F)F)=CC(CNC3(C)CCC3)=CN2C)c1)Cc1nncn1C. The summed E-state index contributed by atoms with van der Waals surface area (Å²) in [5, 5.41) is 11.4. The lowest BCUT2D eigenvalue weighted by atomic mass is 9.78. The Kier molecular flexibility index (Phi) is 9.15. The molecule has 1 aromatic heterocycles. The monoisotopic (exact) mass is 558 g/mol. The van der Waals surface area contributed by atoms with Gasteiger partial charge in [-0.3, -0.25) is 9.69 Å². The van der Waals surface area contributed by atoms with Gasteiger partial charge in [-0.15, -0.1) is 10.2 Å². The lowest BCUT2D eigenvalue weighted by Crippen LogP contribution is -2.48. The van der Waals surface area contributed by atoms with Gasteiger partial charge in [0.25, 0.3) is 0 Å². The van der Waals surface area contributed by atoms with E-state index in [9.17, 15) is 18.0 Å². The molecule has 1 aliphatic carbocycles. The highest BCUT2D eigenvalue weighted by Gasteiger charge is 2.39. The number of carbonyl (C=O) groups is 1. The average molecular weight is 559 g/mol. The summed E-state index contributed by atoms with van der Waals surface area (Å²) in [6, 6.07) is 7.23. The summed E-state index contributed by atoms with van der Waals surface area (Å²) >= 11 is 0. The molecular formula is C29H37F3N6O2. The maximum atomic E-state index is 14.2. The van der Waals surface area contributed by atoms with Crippen LogP contribution in [0.15, 0.2) is 65.9 Å². The molecule has 1 aliphatic heterocycles. The van der Waals surface area contributed by atoms with Crippen molar-refractivity contribution in [2.24, 2.45) is 7.05 Å². The normalized spacial score (nSPS) is 18.7. The van der Waals surface area contributed by atoms with E-state index >= 15 is 0 Å². The number of nitrogens with zero attached hydrogens (tertiary/aromatic N) is 5. The summed E-state index contributed by atoms with van der Waals surface area (Å²) in [4.78, 5) is 14.7. The largest absolute Gasteiger partial charge is 0.418 e. The highest BCUT2D eigenvalue weighted by atomic mass is 19.4. The highest BCUT2D eigenvalue weighted by Crippen LogP contribution is 2.37. The Morgan fingerprint density at radius 1 is 1.27 bits per heavy atom. The van der Waals surface area contributed by atoms with Gasteiger partial charge in [-0.25, -0.2) is 0 Å². The number of alkyl halides is 3. The zero-order valence-corrected chi connectivity index (χ0v) is 23.4. The number of anilines is 1. The van der Waals surface area contributed by atoms with E-state index in [-0.39, 0.29) is 17.3 Å². The Labute approximate surface area is 233 Å². The third kappa shape index (κ3) is 7.19. The van der Waals surface area contributed by atoms with Crippen LogP contribution < -0.4 is 10.2 Å². The van der Waals surface area contributed by atoms with Crippen molar-refractivity contribution in [3.05, 3.63) is 77.3 Å². The van der Waals surface area contributed by atoms with E-state index in [2.05, 4.69) is 22.4 Å². The molecule has 0 radical (unpaired) electrons. The molecule has 2 aliphatic rings. The Hall–Kier alpha value is -3.44. The molecule has 0 bridgehead atoms. The molecule has 40 heavy (non-hydrogen) atoms. The molecular weight excluding hydrogens is 521 g/mol. The Bertz CT molecular complexity index is 1280. The molecule has 1 fully saturated rings. The summed E-state index contributed by atoms with van der Waals surface area (Å²) < 4.78 is 50.0. The molecule has 0 spiro atoms. The summed E-state index contributed by atoms with van der Waals surface area (Å²) in [6.07, 6.45) is 6.67. The second-order valence-corrected chi connectivity index (χ2v) is 10.8. The second kappa shape index (κ2) is 12.4. The third-order valence-corrected chi connectivity index (χ3v) is 7.71. The van der Waals surface area contributed by atoms with E-state index in [1.807, 2.05) is 23.7 Å². The number of aromatic nitrogens is 3. The lowest BCUT2D eigenvalue weighted by Gasteiger charge is -2.40.